The highest BCUT2D eigenvalue weighted by molar-refractivity contribution is 7.13. The van der Waals surface area contributed by atoms with Gasteiger partial charge in [-0.3, -0.25) is 4.79 Å². The number of piperidine rings is 1. The van der Waals surface area contributed by atoms with Crippen LogP contribution in [0.5, 0.6) is 0 Å². The number of thiazole rings is 1. The van der Waals surface area contributed by atoms with Crippen molar-refractivity contribution in [2.45, 2.75) is 44.1 Å². The number of fused-ring (bicyclic) bond motifs is 1. The number of aromatic nitrogens is 1. The van der Waals surface area contributed by atoms with Crippen molar-refractivity contribution in [1.82, 2.24) is 9.88 Å². The van der Waals surface area contributed by atoms with Crippen LogP contribution in [-0.2, 0) is 11.2 Å². The van der Waals surface area contributed by atoms with Gasteiger partial charge in [-0.2, -0.15) is 0 Å². The molecule has 25 heavy (non-hydrogen) atoms. The van der Waals surface area contributed by atoms with Crippen LogP contribution >= 0.6 is 11.3 Å². The van der Waals surface area contributed by atoms with Crippen LogP contribution in [0.15, 0.2) is 35.7 Å². The maximum atomic E-state index is 12.7. The molecule has 4 rings (SSSR count). The second kappa shape index (κ2) is 6.89. The second-order valence-electron chi connectivity index (χ2n) is 7.32. The molecule has 4 nitrogen and oxygen atoms in total. The van der Waals surface area contributed by atoms with Gasteiger partial charge >= 0.3 is 0 Å². The van der Waals surface area contributed by atoms with Gasteiger partial charge in [-0.1, -0.05) is 43.2 Å². The first-order valence-corrected chi connectivity index (χ1v) is 10.0. The Morgan fingerprint density at radius 3 is 2.96 bits per heavy atom. The first-order chi connectivity index (χ1) is 12.1. The minimum absolute atomic E-state index is 0.137. The Labute approximate surface area is 152 Å². The van der Waals surface area contributed by atoms with Gasteiger partial charge in [0.2, 0.25) is 5.91 Å². The Bertz CT molecular complexity index is 745. The lowest BCUT2D eigenvalue weighted by atomic mass is 9.71. The number of hydrogen-bond donors (Lipinski definition) is 1. The zero-order valence-electron chi connectivity index (χ0n) is 14.4. The van der Waals surface area contributed by atoms with Gasteiger partial charge in [0.25, 0.3) is 0 Å². The highest BCUT2D eigenvalue weighted by atomic mass is 32.1. The van der Waals surface area contributed by atoms with Crippen molar-refractivity contribution in [3.05, 3.63) is 41.4 Å². The van der Waals surface area contributed by atoms with Crippen LogP contribution in [0.3, 0.4) is 0 Å². The van der Waals surface area contributed by atoms with E-state index < -0.39 is 5.60 Å². The number of carbonyl (C=O) groups excluding carboxylic acids is 1. The molecule has 1 aliphatic heterocycles. The predicted molar refractivity (Wildman–Crippen MR) is 99.4 cm³/mol. The van der Waals surface area contributed by atoms with E-state index >= 15 is 0 Å². The van der Waals surface area contributed by atoms with Gasteiger partial charge < -0.3 is 10.0 Å². The van der Waals surface area contributed by atoms with Gasteiger partial charge in [0, 0.05) is 30.0 Å². The molecule has 0 bridgehead atoms. The quantitative estimate of drug-likeness (QED) is 0.916. The minimum atomic E-state index is -0.532. The van der Waals surface area contributed by atoms with Gasteiger partial charge in [0.1, 0.15) is 5.01 Å². The molecule has 2 fully saturated rings. The Kier molecular flexibility index (Phi) is 4.61. The smallest absolute Gasteiger partial charge is 0.228 e. The van der Waals surface area contributed by atoms with Crippen LogP contribution in [0.2, 0.25) is 0 Å². The fraction of sp³-hybridized carbons (Fsp3) is 0.500. The molecule has 1 saturated carbocycles. The first kappa shape index (κ1) is 16.7. The molecule has 132 valence electrons. The third-order valence-corrected chi connectivity index (χ3v) is 6.63. The highest BCUT2D eigenvalue weighted by Crippen LogP contribution is 2.39. The molecule has 2 atom stereocenters. The van der Waals surface area contributed by atoms with Crippen LogP contribution in [-0.4, -0.2) is 39.6 Å². The Morgan fingerprint density at radius 2 is 2.12 bits per heavy atom. The molecule has 0 spiro atoms. The molecule has 1 aromatic carbocycles. The van der Waals surface area contributed by atoms with Crippen LogP contribution in [0.1, 0.15) is 37.8 Å². The number of amides is 1. The predicted octanol–water partition coefficient (Wildman–Crippen LogP) is 3.51. The van der Waals surface area contributed by atoms with Crippen molar-refractivity contribution < 1.29 is 9.90 Å². The van der Waals surface area contributed by atoms with E-state index in [1.165, 1.54) is 6.42 Å². The second-order valence-corrected chi connectivity index (χ2v) is 8.18. The summed E-state index contributed by atoms with van der Waals surface area (Å²) < 4.78 is 0. The van der Waals surface area contributed by atoms with Crippen molar-refractivity contribution in [1.29, 1.82) is 0 Å². The first-order valence-electron chi connectivity index (χ1n) is 9.14. The van der Waals surface area contributed by atoms with Gasteiger partial charge in [-0.05, 0) is 19.3 Å². The number of benzene rings is 1. The van der Waals surface area contributed by atoms with Crippen LogP contribution in [0.25, 0.3) is 10.6 Å². The third kappa shape index (κ3) is 3.48. The summed E-state index contributed by atoms with van der Waals surface area (Å²) in [6, 6.07) is 10.1. The molecule has 0 unspecified atom stereocenters. The summed E-state index contributed by atoms with van der Waals surface area (Å²) in [6.07, 6.45) is 5.29. The van der Waals surface area contributed by atoms with Crippen molar-refractivity contribution >= 4 is 17.2 Å². The fourth-order valence-electron chi connectivity index (χ4n) is 4.17. The van der Waals surface area contributed by atoms with Gasteiger partial charge in [0.05, 0.1) is 17.7 Å². The van der Waals surface area contributed by atoms with E-state index in [0.717, 1.165) is 41.9 Å². The van der Waals surface area contributed by atoms with E-state index in [4.69, 9.17) is 0 Å². The number of likely N-dealkylation sites (tertiary alicyclic amines) is 1. The Morgan fingerprint density at radius 1 is 1.28 bits per heavy atom. The molecular formula is C20H24N2O2S. The summed E-state index contributed by atoms with van der Waals surface area (Å²) >= 11 is 1.59. The molecule has 0 radical (unpaired) electrons. The van der Waals surface area contributed by atoms with Crippen LogP contribution in [0.4, 0.5) is 0 Å². The summed E-state index contributed by atoms with van der Waals surface area (Å²) in [4.78, 5) is 19.3. The van der Waals surface area contributed by atoms with Crippen molar-refractivity contribution in [2.75, 3.05) is 13.1 Å². The molecule has 1 aliphatic carbocycles. The molecule has 1 saturated heterocycles. The molecule has 2 aliphatic rings. The zero-order chi connectivity index (χ0) is 17.3. The topological polar surface area (TPSA) is 53.4 Å². The van der Waals surface area contributed by atoms with E-state index in [1.54, 1.807) is 11.3 Å². The van der Waals surface area contributed by atoms with E-state index in [0.29, 0.717) is 19.5 Å². The average Bonchev–Trinajstić information content (AvgIpc) is 3.10. The average molecular weight is 356 g/mol. The summed E-state index contributed by atoms with van der Waals surface area (Å²) in [5.74, 6) is 0.381. The van der Waals surface area contributed by atoms with Crippen LogP contribution in [0, 0.1) is 5.92 Å². The fourth-order valence-corrected chi connectivity index (χ4v) is 4.99. The minimum Gasteiger partial charge on any atom is -0.389 e. The largest absolute Gasteiger partial charge is 0.389 e. The normalized spacial score (nSPS) is 26.3. The molecule has 5 heteroatoms. The van der Waals surface area contributed by atoms with Gasteiger partial charge in [-0.15, -0.1) is 11.3 Å². The van der Waals surface area contributed by atoms with Crippen molar-refractivity contribution in [2.24, 2.45) is 5.92 Å². The summed E-state index contributed by atoms with van der Waals surface area (Å²) in [6.45, 7) is 1.37. The van der Waals surface area contributed by atoms with E-state index in [9.17, 15) is 9.90 Å². The maximum Gasteiger partial charge on any atom is 0.228 e. The summed E-state index contributed by atoms with van der Waals surface area (Å²) in [7, 11) is 0. The highest BCUT2D eigenvalue weighted by Gasteiger charge is 2.43. The lowest BCUT2D eigenvalue weighted by Crippen LogP contribution is -2.54. The van der Waals surface area contributed by atoms with Crippen LogP contribution < -0.4 is 0 Å². The number of hydrogen-bond acceptors (Lipinski definition) is 4. The van der Waals surface area contributed by atoms with Gasteiger partial charge in [-0.25, -0.2) is 4.98 Å². The molecule has 1 N–H and O–H groups in total. The van der Waals surface area contributed by atoms with Gasteiger partial charge in [0.15, 0.2) is 0 Å². The number of rotatable bonds is 3. The monoisotopic (exact) mass is 356 g/mol. The molecule has 1 amide bonds. The number of carbonyl (C=O) groups is 1. The SMILES string of the molecule is O=C(Cc1csc(-c2ccccc2)n1)N1CC[C@]2(O)CCCC[C@H]2C1. The lowest BCUT2D eigenvalue weighted by Gasteiger charge is -2.47. The van der Waals surface area contributed by atoms with E-state index in [2.05, 4.69) is 4.98 Å². The molecular weight excluding hydrogens is 332 g/mol. The Hall–Kier alpha value is -1.72. The van der Waals surface area contributed by atoms with E-state index in [1.807, 2.05) is 40.6 Å². The van der Waals surface area contributed by atoms with Crippen molar-refractivity contribution in [3.63, 3.8) is 0 Å². The number of nitrogens with zero attached hydrogens (tertiary/aromatic N) is 2. The zero-order valence-corrected chi connectivity index (χ0v) is 15.2. The third-order valence-electron chi connectivity index (χ3n) is 5.69. The molecule has 2 heterocycles. The standard InChI is InChI=1S/C20H24N2O2S/c23-18(22-11-10-20(24)9-5-4-8-16(20)13-22)12-17-14-25-19(21-17)15-6-2-1-3-7-15/h1-3,6-7,14,16,24H,4-5,8-13H2/t16-,20+/m0/s1. The lowest BCUT2D eigenvalue weighted by molar-refractivity contribution is -0.142. The number of aliphatic hydroxyl groups is 1. The van der Waals surface area contributed by atoms with Crippen molar-refractivity contribution in [3.8, 4) is 10.6 Å². The summed E-state index contributed by atoms with van der Waals surface area (Å²) in [5.41, 5.74) is 1.41. The van der Waals surface area contributed by atoms with E-state index in [-0.39, 0.29) is 11.8 Å². The summed E-state index contributed by atoms with van der Waals surface area (Å²) in [5, 5.41) is 13.7. The molecule has 2 aromatic rings. The Balaban J connectivity index is 1.40. The molecule has 1 aromatic heterocycles. The maximum absolute atomic E-state index is 12.7.